The smallest absolute Gasteiger partial charge is 0.381 e. The molecule has 14 heteroatoms. The third-order valence-electron chi connectivity index (χ3n) is 6.85. The normalized spacial score (nSPS) is 20.0. The summed E-state index contributed by atoms with van der Waals surface area (Å²) in [6.45, 7) is 3.14. The Kier molecular flexibility index (Phi) is 8.48. The van der Waals surface area contributed by atoms with Gasteiger partial charge in [0, 0.05) is 57.4 Å². The summed E-state index contributed by atoms with van der Waals surface area (Å²) < 4.78 is 46.3. The number of carbonyl (C=O) groups excluding carboxylic acids is 1. The van der Waals surface area contributed by atoms with Crippen molar-refractivity contribution in [1.82, 2.24) is 20.1 Å². The Morgan fingerprint density at radius 2 is 2.00 bits per heavy atom. The molecule has 2 atom stereocenters. The lowest BCUT2D eigenvalue weighted by Gasteiger charge is -2.35. The summed E-state index contributed by atoms with van der Waals surface area (Å²) in [5, 5.41) is 14.3. The van der Waals surface area contributed by atoms with Crippen LogP contribution in [0.1, 0.15) is 24.0 Å². The number of H-pyrrole nitrogens is 1. The van der Waals surface area contributed by atoms with Crippen LogP contribution in [0.4, 0.5) is 24.7 Å². The second-order valence-corrected chi connectivity index (χ2v) is 9.31. The zero-order chi connectivity index (χ0) is 27.3. The number of pyridine rings is 1. The Balaban J connectivity index is 1.23. The van der Waals surface area contributed by atoms with E-state index in [9.17, 15) is 22.8 Å². The van der Waals surface area contributed by atoms with Crippen LogP contribution in [0.3, 0.4) is 0 Å². The molecule has 11 nitrogen and oxygen atoms in total. The quantitative estimate of drug-likeness (QED) is 0.473. The lowest BCUT2D eigenvalue weighted by atomic mass is 10.1. The van der Waals surface area contributed by atoms with E-state index >= 15 is 0 Å². The lowest BCUT2D eigenvalue weighted by molar-refractivity contribution is -0.138. The third-order valence-corrected chi connectivity index (χ3v) is 6.85. The molecule has 2 aromatic rings. The first kappa shape index (κ1) is 27.3. The van der Waals surface area contributed by atoms with Gasteiger partial charge in [-0.05, 0) is 18.6 Å². The van der Waals surface area contributed by atoms with Crippen molar-refractivity contribution in [1.29, 1.82) is 5.26 Å². The van der Waals surface area contributed by atoms with Crippen molar-refractivity contribution in [2.45, 2.75) is 25.1 Å². The number of nitrogens with one attached hydrogen (secondary N) is 1. The van der Waals surface area contributed by atoms with Crippen molar-refractivity contribution in [2.24, 2.45) is 11.7 Å². The maximum atomic E-state index is 13.5. The van der Waals surface area contributed by atoms with E-state index in [-0.39, 0.29) is 50.2 Å². The van der Waals surface area contributed by atoms with Crippen molar-refractivity contribution in [3.05, 3.63) is 46.0 Å². The minimum Gasteiger partial charge on any atom is -0.381 e. The third kappa shape index (κ3) is 6.22. The molecule has 4 heterocycles. The molecule has 2 saturated heterocycles. The number of halogens is 3. The minimum absolute atomic E-state index is 0.0327. The summed E-state index contributed by atoms with van der Waals surface area (Å²) in [5.41, 5.74) is 3.44. The van der Waals surface area contributed by atoms with E-state index in [1.54, 1.807) is 17.0 Å². The lowest BCUT2D eigenvalue weighted by Crippen LogP contribution is -2.49. The molecule has 2 aliphatic heterocycles. The van der Waals surface area contributed by atoms with Gasteiger partial charge in [0.25, 0.3) is 5.56 Å². The van der Waals surface area contributed by atoms with Crippen molar-refractivity contribution in [2.75, 3.05) is 62.3 Å². The number of hydrogen-bond donors (Lipinski definition) is 2. The van der Waals surface area contributed by atoms with Crippen molar-refractivity contribution in [3.63, 3.8) is 0 Å². The Hall–Kier alpha value is -3.70. The van der Waals surface area contributed by atoms with E-state index in [1.165, 1.54) is 11.1 Å². The van der Waals surface area contributed by atoms with Gasteiger partial charge in [-0.1, -0.05) is 0 Å². The number of nitriles is 1. The first-order chi connectivity index (χ1) is 18.2. The topological polar surface area (TPSA) is 144 Å². The van der Waals surface area contributed by atoms with Crippen LogP contribution in [0.2, 0.25) is 0 Å². The first-order valence-corrected chi connectivity index (χ1v) is 12.3. The van der Waals surface area contributed by atoms with Gasteiger partial charge in [-0.15, -0.1) is 0 Å². The van der Waals surface area contributed by atoms with Gasteiger partial charge in [-0.3, -0.25) is 9.59 Å². The molecule has 4 rings (SSSR count). The van der Waals surface area contributed by atoms with Crippen LogP contribution in [-0.4, -0.2) is 84.5 Å². The molecule has 0 saturated carbocycles. The number of piperazine rings is 1. The molecular weight excluding hydrogens is 505 g/mol. The number of alkyl halides is 3. The van der Waals surface area contributed by atoms with Gasteiger partial charge < -0.3 is 25.2 Å². The number of nitrogens with zero attached hydrogens (tertiary/aromatic N) is 6. The highest BCUT2D eigenvalue weighted by molar-refractivity contribution is 5.76. The number of amides is 1. The van der Waals surface area contributed by atoms with Gasteiger partial charge in [-0.25, -0.2) is 10.1 Å². The molecule has 38 heavy (non-hydrogen) atoms. The molecule has 2 aliphatic rings. The molecule has 3 N–H and O–H groups in total. The number of hydrogen-bond acceptors (Lipinski definition) is 9. The van der Waals surface area contributed by atoms with Crippen molar-refractivity contribution >= 4 is 17.4 Å². The van der Waals surface area contributed by atoms with Crippen molar-refractivity contribution < 1.29 is 22.7 Å². The molecule has 204 valence electrons. The van der Waals surface area contributed by atoms with Crippen LogP contribution in [0.25, 0.3) is 0 Å². The number of carbonyl (C=O) groups is 1. The fourth-order valence-corrected chi connectivity index (χ4v) is 4.93. The van der Waals surface area contributed by atoms with E-state index in [2.05, 4.69) is 15.0 Å². The van der Waals surface area contributed by atoms with Crippen molar-refractivity contribution in [3.8, 4) is 6.07 Å². The molecule has 0 radical (unpaired) electrons. The standard InChI is InChI=1S/C24H29F3N8O3/c25-24(26,27)22-19(13-31-32-23(22)37)35-14-17(9-18(35)11-29)15-38-8-3-21(36)34-6-4-33(5-7-34)20-2-1-16(10-28)12-30-20/h1-2,12-13,17-18H,3-9,11,14-15,29H2,(H,32,37)/t17?,18-/m0/s1. The highest BCUT2D eigenvalue weighted by Gasteiger charge is 2.42. The van der Waals surface area contributed by atoms with Crippen LogP contribution in [0.15, 0.2) is 29.3 Å². The fraction of sp³-hybridized carbons (Fsp3) is 0.542. The summed E-state index contributed by atoms with van der Waals surface area (Å²) in [6.07, 6.45) is -1.60. The van der Waals surface area contributed by atoms with Crippen LogP contribution in [0.5, 0.6) is 0 Å². The maximum absolute atomic E-state index is 13.5. The number of aromatic amines is 1. The monoisotopic (exact) mass is 534 g/mol. The summed E-state index contributed by atoms with van der Waals surface area (Å²) in [5.74, 6) is 0.622. The van der Waals surface area contributed by atoms with Crippen LogP contribution >= 0.6 is 0 Å². The molecule has 0 aliphatic carbocycles. The van der Waals surface area contributed by atoms with Gasteiger partial charge in [0.15, 0.2) is 0 Å². The van der Waals surface area contributed by atoms with Gasteiger partial charge in [0.05, 0.1) is 37.1 Å². The predicted molar refractivity (Wildman–Crippen MR) is 131 cm³/mol. The van der Waals surface area contributed by atoms with Crippen LogP contribution in [-0.2, 0) is 15.7 Å². The van der Waals surface area contributed by atoms with E-state index in [4.69, 9.17) is 15.7 Å². The number of aromatic nitrogens is 3. The van der Waals surface area contributed by atoms with E-state index in [0.717, 1.165) is 12.0 Å². The Morgan fingerprint density at radius 1 is 1.24 bits per heavy atom. The average molecular weight is 535 g/mol. The van der Waals surface area contributed by atoms with Gasteiger partial charge in [-0.2, -0.15) is 23.5 Å². The van der Waals surface area contributed by atoms with Gasteiger partial charge >= 0.3 is 6.18 Å². The number of nitrogens with two attached hydrogens (primary N) is 1. The molecule has 2 aromatic heterocycles. The Morgan fingerprint density at radius 3 is 2.63 bits per heavy atom. The maximum Gasteiger partial charge on any atom is 0.423 e. The second kappa shape index (κ2) is 11.8. The zero-order valence-electron chi connectivity index (χ0n) is 20.7. The highest BCUT2D eigenvalue weighted by atomic mass is 19.4. The molecule has 2 fully saturated rings. The van der Waals surface area contributed by atoms with Gasteiger partial charge in [0.2, 0.25) is 5.91 Å². The number of anilines is 2. The second-order valence-electron chi connectivity index (χ2n) is 9.31. The first-order valence-electron chi connectivity index (χ1n) is 12.3. The highest BCUT2D eigenvalue weighted by Crippen LogP contribution is 2.37. The number of rotatable bonds is 8. The van der Waals surface area contributed by atoms with Crippen LogP contribution < -0.4 is 21.1 Å². The average Bonchev–Trinajstić information content (AvgIpc) is 3.33. The van der Waals surface area contributed by atoms with Crippen LogP contribution in [0, 0.1) is 17.2 Å². The summed E-state index contributed by atoms with van der Waals surface area (Å²) in [4.78, 5) is 34.1. The molecule has 1 amide bonds. The fourth-order valence-electron chi connectivity index (χ4n) is 4.93. The van der Waals surface area contributed by atoms with E-state index in [1.807, 2.05) is 11.2 Å². The Labute approximate surface area is 217 Å². The zero-order valence-corrected chi connectivity index (χ0v) is 20.7. The molecule has 0 bridgehead atoms. The largest absolute Gasteiger partial charge is 0.423 e. The predicted octanol–water partition coefficient (Wildman–Crippen LogP) is 0.964. The van der Waals surface area contributed by atoms with Gasteiger partial charge in [0.1, 0.15) is 17.5 Å². The SMILES string of the molecule is N#Cc1ccc(N2CCN(C(=O)CCOCC3C[C@@H](CN)N(c4cn[nH]c(=O)c4C(F)(F)F)C3)CC2)nc1. The molecule has 0 aromatic carbocycles. The summed E-state index contributed by atoms with van der Waals surface area (Å²) in [6, 6.07) is 5.15. The minimum atomic E-state index is -4.83. The van der Waals surface area contributed by atoms with E-state index < -0.39 is 23.3 Å². The molecule has 0 spiro atoms. The Bertz CT molecular complexity index is 1210. The number of ether oxygens (including phenoxy) is 1. The molecular formula is C24H29F3N8O3. The molecule has 1 unspecified atom stereocenters. The van der Waals surface area contributed by atoms with E-state index in [0.29, 0.717) is 38.2 Å². The summed E-state index contributed by atoms with van der Waals surface area (Å²) >= 11 is 0. The summed E-state index contributed by atoms with van der Waals surface area (Å²) in [7, 11) is 0.